The fourth-order valence-electron chi connectivity index (χ4n) is 4.86. The summed E-state index contributed by atoms with van der Waals surface area (Å²) in [7, 11) is 1.67. The van der Waals surface area contributed by atoms with E-state index >= 15 is 0 Å². The Kier molecular flexibility index (Phi) is 5.95. The molecule has 2 aromatic heterocycles. The maximum atomic E-state index is 13.9. The minimum Gasteiger partial charge on any atom is -0.497 e. The first kappa shape index (κ1) is 21.1. The third kappa shape index (κ3) is 4.03. The quantitative estimate of drug-likeness (QED) is 0.576. The maximum Gasteiger partial charge on any atom is 0.257 e. The molecule has 0 aliphatic carbocycles. The number of morpholine rings is 1. The van der Waals surface area contributed by atoms with Crippen LogP contribution < -0.4 is 4.74 Å². The lowest BCUT2D eigenvalue weighted by atomic mass is 9.83. The van der Waals surface area contributed by atoms with Crippen molar-refractivity contribution in [1.82, 2.24) is 14.8 Å². The molecule has 1 spiro atoms. The van der Waals surface area contributed by atoms with Crippen molar-refractivity contribution < 1.29 is 14.3 Å². The van der Waals surface area contributed by atoms with Crippen LogP contribution >= 0.6 is 11.3 Å². The standard InChI is InChI=1S/C25H27N3O3S/c1-30-22-6-4-19(5-7-22)14-27-16-23(21-3-2-9-26-13-21)25(18-27)24(29)28(10-11-31-25)15-20-8-12-32-17-20/h2-9,12-13,17,23H,10-11,14-16,18H2,1H3. The van der Waals surface area contributed by atoms with Crippen LogP contribution in [0.3, 0.4) is 0 Å². The molecule has 166 valence electrons. The van der Waals surface area contributed by atoms with Gasteiger partial charge in [-0.25, -0.2) is 0 Å². The second-order valence-electron chi connectivity index (χ2n) is 8.45. The van der Waals surface area contributed by atoms with Gasteiger partial charge in [0.25, 0.3) is 5.91 Å². The Morgan fingerprint density at radius 2 is 2.06 bits per heavy atom. The minimum absolute atomic E-state index is 0.0628. The lowest BCUT2D eigenvalue weighted by Gasteiger charge is -2.42. The van der Waals surface area contributed by atoms with E-state index in [1.807, 2.05) is 29.3 Å². The summed E-state index contributed by atoms with van der Waals surface area (Å²) >= 11 is 1.66. The van der Waals surface area contributed by atoms with Crippen molar-refractivity contribution >= 4 is 17.2 Å². The topological polar surface area (TPSA) is 54.9 Å². The molecule has 7 heteroatoms. The number of carbonyl (C=O) groups excluding carboxylic acids is 1. The van der Waals surface area contributed by atoms with Gasteiger partial charge in [0.2, 0.25) is 0 Å². The highest BCUT2D eigenvalue weighted by molar-refractivity contribution is 7.07. The second-order valence-corrected chi connectivity index (χ2v) is 9.23. The molecule has 0 radical (unpaired) electrons. The summed E-state index contributed by atoms with van der Waals surface area (Å²) in [5, 5.41) is 4.17. The average Bonchev–Trinajstić information content (AvgIpc) is 3.47. The Labute approximate surface area is 192 Å². The molecule has 2 unspecified atom stereocenters. The summed E-state index contributed by atoms with van der Waals surface area (Å²) in [5.74, 6) is 0.864. The summed E-state index contributed by atoms with van der Waals surface area (Å²) in [6.45, 7) is 3.86. The van der Waals surface area contributed by atoms with E-state index in [1.165, 1.54) is 11.1 Å². The molecule has 1 aromatic carbocycles. The summed E-state index contributed by atoms with van der Waals surface area (Å²) in [4.78, 5) is 22.5. The number of rotatable bonds is 6. The van der Waals surface area contributed by atoms with Crippen molar-refractivity contribution in [3.63, 3.8) is 0 Å². The second kappa shape index (κ2) is 9.02. The number of amides is 1. The number of methoxy groups -OCH3 is 1. The Bertz CT molecular complexity index is 1040. The van der Waals surface area contributed by atoms with E-state index in [1.54, 1.807) is 24.6 Å². The Morgan fingerprint density at radius 1 is 1.19 bits per heavy atom. The van der Waals surface area contributed by atoms with E-state index < -0.39 is 5.60 Å². The number of carbonyl (C=O) groups is 1. The molecule has 2 aliphatic rings. The van der Waals surface area contributed by atoms with E-state index in [-0.39, 0.29) is 11.8 Å². The molecule has 0 N–H and O–H groups in total. The van der Waals surface area contributed by atoms with Crippen molar-refractivity contribution in [1.29, 1.82) is 0 Å². The summed E-state index contributed by atoms with van der Waals surface area (Å²) in [6, 6.07) is 14.2. The van der Waals surface area contributed by atoms with Crippen LogP contribution in [0.2, 0.25) is 0 Å². The minimum atomic E-state index is -0.885. The lowest BCUT2D eigenvalue weighted by Crippen LogP contribution is -2.59. The smallest absolute Gasteiger partial charge is 0.257 e. The molecule has 2 aliphatic heterocycles. The highest BCUT2D eigenvalue weighted by Crippen LogP contribution is 2.42. The third-order valence-electron chi connectivity index (χ3n) is 6.44. The fraction of sp³-hybridized carbons (Fsp3) is 0.360. The molecule has 6 nitrogen and oxygen atoms in total. The maximum absolute atomic E-state index is 13.9. The van der Waals surface area contributed by atoms with Crippen LogP contribution in [0, 0.1) is 0 Å². The summed E-state index contributed by atoms with van der Waals surface area (Å²) in [5.41, 5.74) is 2.53. The number of hydrogen-bond acceptors (Lipinski definition) is 6. The largest absolute Gasteiger partial charge is 0.497 e. The Balaban J connectivity index is 1.42. The number of pyridine rings is 1. The van der Waals surface area contributed by atoms with Gasteiger partial charge < -0.3 is 14.4 Å². The highest BCUT2D eigenvalue weighted by atomic mass is 32.1. The average molecular weight is 450 g/mol. The number of likely N-dealkylation sites (tertiary alicyclic amines) is 1. The van der Waals surface area contributed by atoms with Gasteiger partial charge in [-0.15, -0.1) is 0 Å². The van der Waals surface area contributed by atoms with Gasteiger partial charge in [0, 0.05) is 51.0 Å². The van der Waals surface area contributed by atoms with E-state index in [9.17, 15) is 4.79 Å². The zero-order valence-corrected chi connectivity index (χ0v) is 19.0. The van der Waals surface area contributed by atoms with Gasteiger partial charge in [0.15, 0.2) is 5.60 Å². The molecule has 4 heterocycles. The summed E-state index contributed by atoms with van der Waals surface area (Å²) in [6.07, 6.45) is 3.64. The molecular weight excluding hydrogens is 422 g/mol. The van der Waals surface area contributed by atoms with Gasteiger partial charge in [-0.2, -0.15) is 11.3 Å². The van der Waals surface area contributed by atoms with Gasteiger partial charge in [-0.05, 0) is 51.7 Å². The number of ether oxygens (including phenoxy) is 2. The Hall–Kier alpha value is -2.74. The van der Waals surface area contributed by atoms with Gasteiger partial charge in [-0.3, -0.25) is 14.7 Å². The first-order valence-corrected chi connectivity index (χ1v) is 11.8. The number of hydrogen-bond donors (Lipinski definition) is 0. The molecule has 0 bridgehead atoms. The lowest BCUT2D eigenvalue weighted by molar-refractivity contribution is -0.173. The van der Waals surface area contributed by atoms with E-state index in [0.29, 0.717) is 26.2 Å². The molecule has 2 saturated heterocycles. The first-order valence-electron chi connectivity index (χ1n) is 10.9. The van der Waals surface area contributed by atoms with Crippen LogP contribution in [-0.4, -0.2) is 59.6 Å². The van der Waals surface area contributed by atoms with Crippen LogP contribution in [-0.2, 0) is 22.6 Å². The van der Waals surface area contributed by atoms with E-state index in [0.717, 1.165) is 24.4 Å². The van der Waals surface area contributed by atoms with E-state index in [2.05, 4.69) is 44.9 Å². The third-order valence-corrected chi connectivity index (χ3v) is 7.17. The van der Waals surface area contributed by atoms with Crippen LogP contribution in [0.5, 0.6) is 5.75 Å². The molecule has 1 amide bonds. The van der Waals surface area contributed by atoms with Crippen molar-refractivity contribution in [2.75, 3.05) is 33.4 Å². The van der Waals surface area contributed by atoms with Gasteiger partial charge >= 0.3 is 0 Å². The molecule has 2 fully saturated rings. The van der Waals surface area contributed by atoms with Crippen LogP contribution in [0.4, 0.5) is 0 Å². The molecule has 3 aromatic rings. The zero-order chi connectivity index (χ0) is 22.0. The number of nitrogens with zero attached hydrogens (tertiary/aromatic N) is 3. The van der Waals surface area contributed by atoms with Crippen molar-refractivity contribution in [2.24, 2.45) is 0 Å². The number of benzene rings is 1. The molecule has 5 rings (SSSR count). The van der Waals surface area contributed by atoms with E-state index in [4.69, 9.17) is 9.47 Å². The van der Waals surface area contributed by atoms with Gasteiger partial charge in [0.1, 0.15) is 5.75 Å². The monoisotopic (exact) mass is 449 g/mol. The predicted molar refractivity (Wildman–Crippen MR) is 124 cm³/mol. The SMILES string of the molecule is COc1ccc(CN2CC(c3cccnc3)C3(C2)OCCN(Cc2ccsc2)C3=O)cc1. The van der Waals surface area contributed by atoms with Crippen molar-refractivity contribution in [3.8, 4) is 5.75 Å². The molecule has 0 saturated carbocycles. The number of aromatic nitrogens is 1. The van der Waals surface area contributed by atoms with Gasteiger partial charge in [-0.1, -0.05) is 18.2 Å². The van der Waals surface area contributed by atoms with Crippen LogP contribution in [0.15, 0.2) is 65.6 Å². The molecule has 2 atom stereocenters. The highest BCUT2D eigenvalue weighted by Gasteiger charge is 2.56. The van der Waals surface area contributed by atoms with Gasteiger partial charge in [0.05, 0.1) is 13.7 Å². The molecular formula is C25H27N3O3S. The zero-order valence-electron chi connectivity index (χ0n) is 18.1. The van der Waals surface area contributed by atoms with Crippen LogP contribution in [0.1, 0.15) is 22.6 Å². The Morgan fingerprint density at radius 3 is 2.78 bits per heavy atom. The summed E-state index contributed by atoms with van der Waals surface area (Å²) < 4.78 is 11.7. The first-order chi connectivity index (χ1) is 15.7. The molecule has 32 heavy (non-hydrogen) atoms. The predicted octanol–water partition coefficient (Wildman–Crippen LogP) is 3.55. The number of thiophene rings is 1. The van der Waals surface area contributed by atoms with Crippen LogP contribution in [0.25, 0.3) is 0 Å². The fourth-order valence-corrected chi connectivity index (χ4v) is 5.52. The van der Waals surface area contributed by atoms with Crippen molar-refractivity contribution in [3.05, 3.63) is 82.3 Å². The van der Waals surface area contributed by atoms with Crippen molar-refractivity contribution in [2.45, 2.75) is 24.6 Å². The normalized spacial score (nSPS) is 23.7.